The molecule has 0 aliphatic carbocycles. The number of aromatic hydroxyl groups is 1. The number of hydrogen-bond donors (Lipinski definition) is 3. The number of phenols is 1. The first kappa shape index (κ1) is 10.8. The summed E-state index contributed by atoms with van der Waals surface area (Å²) < 4.78 is 0. The van der Waals surface area contributed by atoms with Crippen molar-refractivity contribution in [2.24, 2.45) is 5.10 Å². The van der Waals surface area contributed by atoms with Crippen molar-refractivity contribution in [3.05, 3.63) is 46.4 Å². The highest BCUT2D eigenvalue weighted by Gasteiger charge is 1.95. The Labute approximate surface area is 95.9 Å². The van der Waals surface area contributed by atoms with E-state index < -0.39 is 0 Å². The number of hydrazone groups is 1. The molecule has 7 nitrogen and oxygen atoms in total. The Hall–Kier alpha value is -2.70. The Morgan fingerprint density at radius 2 is 2.24 bits per heavy atom. The third kappa shape index (κ3) is 2.88. The van der Waals surface area contributed by atoms with Crippen molar-refractivity contribution in [3.8, 4) is 5.75 Å². The Balaban J connectivity index is 2.08. The molecule has 86 valence electrons. The highest BCUT2D eigenvalue weighted by atomic mass is 16.3. The van der Waals surface area contributed by atoms with Crippen molar-refractivity contribution >= 4 is 12.2 Å². The van der Waals surface area contributed by atoms with Gasteiger partial charge in [-0.2, -0.15) is 5.10 Å². The lowest BCUT2D eigenvalue weighted by atomic mass is 10.2. The van der Waals surface area contributed by atoms with Crippen LogP contribution < -0.4 is 11.0 Å². The first-order chi connectivity index (χ1) is 8.25. The topological polar surface area (TPSA) is 103 Å². The van der Waals surface area contributed by atoms with Gasteiger partial charge in [-0.05, 0) is 12.1 Å². The molecule has 0 saturated carbocycles. The van der Waals surface area contributed by atoms with E-state index in [-0.39, 0.29) is 17.3 Å². The summed E-state index contributed by atoms with van der Waals surface area (Å²) in [5.41, 5.74) is 2.66. The summed E-state index contributed by atoms with van der Waals surface area (Å²) in [4.78, 5) is 13.3. The lowest BCUT2D eigenvalue weighted by molar-refractivity contribution is 0.474. The molecule has 0 spiro atoms. The number of nitrogens with zero attached hydrogens (tertiary/aromatic N) is 3. The first-order valence-electron chi connectivity index (χ1n) is 4.75. The predicted octanol–water partition coefficient (Wildman–Crippen LogP) is 0.316. The molecule has 7 heteroatoms. The number of benzene rings is 1. The number of phenolic OH excluding ortho intramolecular Hbond substituents is 1. The van der Waals surface area contributed by atoms with Crippen LogP contribution in [0.2, 0.25) is 0 Å². The fourth-order valence-corrected chi connectivity index (χ4v) is 1.12. The van der Waals surface area contributed by atoms with Crippen molar-refractivity contribution in [3.63, 3.8) is 0 Å². The van der Waals surface area contributed by atoms with E-state index in [9.17, 15) is 9.90 Å². The minimum Gasteiger partial charge on any atom is -0.507 e. The maximum Gasteiger partial charge on any atom is 0.271 e. The first-order valence-corrected chi connectivity index (χ1v) is 4.75. The van der Waals surface area contributed by atoms with Crippen molar-refractivity contribution in [1.82, 2.24) is 15.2 Å². The fraction of sp³-hybridized carbons (Fsp3) is 0. The lowest BCUT2D eigenvalue weighted by Crippen LogP contribution is -2.10. The molecule has 2 rings (SSSR count). The molecule has 3 N–H and O–H groups in total. The number of aromatic nitrogens is 3. The van der Waals surface area contributed by atoms with Gasteiger partial charge in [-0.25, -0.2) is 5.43 Å². The smallest absolute Gasteiger partial charge is 0.271 e. The number of anilines is 1. The van der Waals surface area contributed by atoms with Gasteiger partial charge in [0.15, 0.2) is 0 Å². The molecule has 2 aromatic rings. The van der Waals surface area contributed by atoms with Crippen LogP contribution >= 0.6 is 0 Å². The molecule has 0 bridgehead atoms. The van der Waals surface area contributed by atoms with E-state index in [0.29, 0.717) is 5.56 Å². The summed E-state index contributed by atoms with van der Waals surface area (Å²) in [6.45, 7) is 0. The standard InChI is InChI=1S/C10H9N5O2/c16-8-4-2-1-3-7(8)5-11-14-10-13-9(17)6-12-15-10/h1-6,16H,(H2,13,14,15,17)/b11-5-. The fourth-order valence-electron chi connectivity index (χ4n) is 1.12. The summed E-state index contributed by atoms with van der Waals surface area (Å²) in [6, 6.07) is 6.72. The summed E-state index contributed by atoms with van der Waals surface area (Å²) in [7, 11) is 0. The van der Waals surface area contributed by atoms with Gasteiger partial charge in [0.05, 0.1) is 6.21 Å². The van der Waals surface area contributed by atoms with Crippen LogP contribution in [0.3, 0.4) is 0 Å². The quantitative estimate of drug-likeness (QED) is 0.521. The van der Waals surface area contributed by atoms with Crippen molar-refractivity contribution in [2.45, 2.75) is 0 Å². The zero-order valence-corrected chi connectivity index (χ0v) is 8.66. The van der Waals surface area contributed by atoms with Crippen LogP contribution in [0.4, 0.5) is 5.95 Å². The summed E-state index contributed by atoms with van der Waals surface area (Å²) in [5.74, 6) is 0.245. The molecule has 0 fully saturated rings. The normalized spacial score (nSPS) is 10.6. The number of hydrogen-bond acceptors (Lipinski definition) is 6. The van der Waals surface area contributed by atoms with Crippen LogP contribution in [0.15, 0.2) is 40.4 Å². The third-order valence-electron chi connectivity index (χ3n) is 1.89. The second kappa shape index (κ2) is 4.88. The number of nitrogens with one attached hydrogen (secondary N) is 2. The Morgan fingerprint density at radius 3 is 3.00 bits per heavy atom. The Kier molecular flexibility index (Phi) is 3.10. The molecule has 1 aromatic carbocycles. The van der Waals surface area contributed by atoms with Crippen LogP contribution in [0.25, 0.3) is 0 Å². The molecule has 0 radical (unpaired) electrons. The Morgan fingerprint density at radius 1 is 1.41 bits per heavy atom. The SMILES string of the molecule is O=c1cnnc(N/N=C\c2ccccc2O)[nH]1. The predicted molar refractivity (Wildman–Crippen MR) is 62.0 cm³/mol. The van der Waals surface area contributed by atoms with Crippen LogP contribution in [0, 0.1) is 0 Å². The van der Waals surface area contributed by atoms with Gasteiger partial charge < -0.3 is 5.11 Å². The maximum absolute atomic E-state index is 10.9. The van der Waals surface area contributed by atoms with E-state index in [0.717, 1.165) is 6.20 Å². The monoisotopic (exact) mass is 231 g/mol. The molecule has 1 aromatic heterocycles. The minimum absolute atomic E-state index is 0.116. The zero-order chi connectivity index (χ0) is 12.1. The molecular formula is C10H9N5O2. The van der Waals surface area contributed by atoms with Crippen molar-refractivity contribution < 1.29 is 5.11 Å². The van der Waals surface area contributed by atoms with Gasteiger partial charge in [-0.1, -0.05) is 12.1 Å². The average Bonchev–Trinajstić information content (AvgIpc) is 2.32. The molecule has 17 heavy (non-hydrogen) atoms. The van der Waals surface area contributed by atoms with E-state index in [4.69, 9.17) is 0 Å². The van der Waals surface area contributed by atoms with E-state index in [1.807, 2.05) is 0 Å². The number of para-hydroxylation sites is 1. The van der Waals surface area contributed by atoms with Gasteiger partial charge >= 0.3 is 0 Å². The van der Waals surface area contributed by atoms with Crippen LogP contribution in [0.1, 0.15) is 5.56 Å². The van der Waals surface area contributed by atoms with Crippen LogP contribution in [-0.4, -0.2) is 26.5 Å². The molecule has 1 heterocycles. The molecule has 0 atom stereocenters. The second-order valence-electron chi connectivity index (χ2n) is 3.11. The van der Waals surface area contributed by atoms with Crippen LogP contribution in [0.5, 0.6) is 5.75 Å². The number of rotatable bonds is 3. The van der Waals surface area contributed by atoms with Gasteiger partial charge in [0.1, 0.15) is 11.9 Å². The maximum atomic E-state index is 10.9. The van der Waals surface area contributed by atoms with Crippen molar-refractivity contribution in [2.75, 3.05) is 5.43 Å². The number of aromatic amines is 1. The number of H-pyrrole nitrogens is 1. The molecular weight excluding hydrogens is 222 g/mol. The molecule has 0 amide bonds. The highest BCUT2D eigenvalue weighted by molar-refractivity contribution is 5.83. The van der Waals surface area contributed by atoms with E-state index >= 15 is 0 Å². The minimum atomic E-state index is -0.375. The molecule has 0 unspecified atom stereocenters. The van der Waals surface area contributed by atoms with Crippen molar-refractivity contribution in [1.29, 1.82) is 0 Å². The molecule has 0 aliphatic rings. The largest absolute Gasteiger partial charge is 0.507 e. The van der Waals surface area contributed by atoms with E-state index in [2.05, 4.69) is 25.7 Å². The zero-order valence-electron chi connectivity index (χ0n) is 8.66. The summed E-state index contributed by atoms with van der Waals surface area (Å²) in [6.07, 6.45) is 2.46. The second-order valence-corrected chi connectivity index (χ2v) is 3.11. The van der Waals surface area contributed by atoms with Gasteiger partial charge in [0.2, 0.25) is 5.95 Å². The molecule has 0 aliphatic heterocycles. The highest BCUT2D eigenvalue weighted by Crippen LogP contribution is 2.12. The van der Waals surface area contributed by atoms with Gasteiger partial charge in [-0.15, -0.1) is 10.2 Å². The molecule has 0 saturated heterocycles. The van der Waals surface area contributed by atoms with Crippen LogP contribution in [-0.2, 0) is 0 Å². The summed E-state index contributed by atoms with van der Waals surface area (Å²) in [5, 5.41) is 20.3. The Bertz CT molecular complexity index is 593. The van der Waals surface area contributed by atoms with Gasteiger partial charge in [0.25, 0.3) is 5.56 Å². The van der Waals surface area contributed by atoms with E-state index in [1.165, 1.54) is 6.21 Å². The van der Waals surface area contributed by atoms with Gasteiger partial charge in [-0.3, -0.25) is 9.78 Å². The van der Waals surface area contributed by atoms with Gasteiger partial charge in [0, 0.05) is 5.56 Å². The lowest BCUT2D eigenvalue weighted by Gasteiger charge is -1.98. The summed E-state index contributed by atoms with van der Waals surface area (Å²) >= 11 is 0. The average molecular weight is 231 g/mol. The van der Waals surface area contributed by atoms with E-state index in [1.54, 1.807) is 24.3 Å². The third-order valence-corrected chi connectivity index (χ3v) is 1.89.